The van der Waals surface area contributed by atoms with E-state index in [0.717, 1.165) is 12.1 Å². The van der Waals surface area contributed by atoms with Crippen molar-refractivity contribution in [3.8, 4) is 5.88 Å². The van der Waals surface area contributed by atoms with Crippen molar-refractivity contribution in [1.29, 1.82) is 0 Å². The Hall–Kier alpha value is -2.48. The first-order valence-electron chi connectivity index (χ1n) is 7.42. The molecule has 2 aromatic rings. The Morgan fingerprint density at radius 1 is 1.33 bits per heavy atom. The lowest BCUT2D eigenvalue weighted by atomic mass is 10.0. The van der Waals surface area contributed by atoms with Crippen LogP contribution in [0, 0.1) is 11.6 Å². The van der Waals surface area contributed by atoms with E-state index in [1.807, 2.05) is 0 Å². The zero-order valence-electron chi connectivity index (χ0n) is 13.2. The highest BCUT2D eigenvalue weighted by molar-refractivity contribution is 5.93. The van der Waals surface area contributed by atoms with Gasteiger partial charge in [-0.15, -0.1) is 0 Å². The van der Waals surface area contributed by atoms with Gasteiger partial charge in [-0.25, -0.2) is 13.5 Å². The van der Waals surface area contributed by atoms with E-state index in [1.165, 1.54) is 28.8 Å². The summed E-state index contributed by atoms with van der Waals surface area (Å²) in [6.07, 6.45) is -0.487. The summed E-state index contributed by atoms with van der Waals surface area (Å²) >= 11 is 0. The number of carbonyl (C=O) groups excluding carboxylic acids is 1. The molecule has 128 valence electrons. The first-order chi connectivity index (χ1) is 11.4. The number of aromatic nitrogens is 2. The average molecular weight is 337 g/mol. The fraction of sp³-hybridized carbons (Fsp3) is 0.375. The zero-order valence-corrected chi connectivity index (χ0v) is 13.2. The third-order valence-electron chi connectivity index (χ3n) is 4.13. The van der Waals surface area contributed by atoms with Gasteiger partial charge >= 0.3 is 0 Å². The van der Waals surface area contributed by atoms with Crippen molar-refractivity contribution < 1.29 is 23.4 Å². The van der Waals surface area contributed by atoms with E-state index in [0.29, 0.717) is 11.4 Å². The number of benzene rings is 1. The van der Waals surface area contributed by atoms with E-state index >= 15 is 0 Å². The fourth-order valence-corrected chi connectivity index (χ4v) is 2.97. The predicted molar refractivity (Wildman–Crippen MR) is 80.5 cm³/mol. The van der Waals surface area contributed by atoms with Crippen LogP contribution in [0.4, 0.5) is 8.78 Å². The lowest BCUT2D eigenvalue weighted by Gasteiger charge is -2.24. The van der Waals surface area contributed by atoms with Crippen molar-refractivity contribution in [1.82, 2.24) is 14.7 Å². The lowest BCUT2D eigenvalue weighted by Crippen LogP contribution is -2.32. The van der Waals surface area contributed by atoms with Crippen molar-refractivity contribution in [2.45, 2.75) is 18.6 Å². The number of carbonyl (C=O) groups is 1. The predicted octanol–water partition coefficient (Wildman–Crippen LogP) is 1.66. The van der Waals surface area contributed by atoms with Crippen molar-refractivity contribution in [3.63, 3.8) is 0 Å². The summed E-state index contributed by atoms with van der Waals surface area (Å²) < 4.78 is 33.2. The van der Waals surface area contributed by atoms with E-state index in [1.54, 1.807) is 7.05 Å². The van der Waals surface area contributed by atoms with Gasteiger partial charge < -0.3 is 14.7 Å². The highest BCUT2D eigenvalue weighted by Crippen LogP contribution is 2.34. The number of nitrogens with zero attached hydrogens (tertiary/aromatic N) is 3. The van der Waals surface area contributed by atoms with Crippen LogP contribution in [0.15, 0.2) is 24.3 Å². The maximum Gasteiger partial charge on any atom is 0.275 e. The van der Waals surface area contributed by atoms with Crippen molar-refractivity contribution >= 4 is 5.91 Å². The molecule has 0 spiro atoms. The molecule has 3 rings (SSSR count). The monoisotopic (exact) mass is 337 g/mol. The maximum atomic E-state index is 13.5. The van der Waals surface area contributed by atoms with Gasteiger partial charge in [0.15, 0.2) is 17.3 Å². The van der Waals surface area contributed by atoms with Gasteiger partial charge in [-0.1, -0.05) is 6.07 Å². The molecule has 1 aromatic carbocycles. The number of amides is 1. The van der Waals surface area contributed by atoms with Gasteiger partial charge in [0, 0.05) is 19.7 Å². The second-order valence-corrected chi connectivity index (χ2v) is 5.73. The minimum Gasteiger partial charge on any atom is -0.481 e. The van der Waals surface area contributed by atoms with Gasteiger partial charge in [-0.05, 0) is 24.1 Å². The number of halogens is 2. The van der Waals surface area contributed by atoms with Gasteiger partial charge in [-0.3, -0.25) is 4.79 Å². The number of β-amino-alcohol motifs (C(OH)–C–C–N with tert-alkyl or cyclic N) is 1. The Kier molecular flexibility index (Phi) is 4.23. The molecule has 0 aliphatic carbocycles. The molecule has 1 aliphatic heterocycles. The number of aryl methyl sites for hydroxylation is 1. The van der Waals surface area contributed by atoms with E-state index in [9.17, 15) is 18.7 Å². The minimum absolute atomic E-state index is 0.0986. The molecule has 2 atom stereocenters. The second kappa shape index (κ2) is 6.20. The molecule has 1 fully saturated rings. The van der Waals surface area contributed by atoms with E-state index < -0.39 is 29.7 Å². The number of ether oxygens (including phenoxy) is 1. The second-order valence-electron chi connectivity index (χ2n) is 5.73. The molecule has 1 N–H and O–H groups in total. The molecule has 0 unspecified atom stereocenters. The van der Waals surface area contributed by atoms with Crippen LogP contribution in [0.2, 0.25) is 0 Å². The molecule has 1 aliphatic rings. The molecule has 6 nitrogen and oxygen atoms in total. The van der Waals surface area contributed by atoms with Crippen LogP contribution in [0.1, 0.15) is 28.5 Å². The third kappa shape index (κ3) is 2.84. The maximum absolute atomic E-state index is 13.5. The Morgan fingerprint density at radius 2 is 2.08 bits per heavy atom. The number of rotatable bonds is 3. The van der Waals surface area contributed by atoms with E-state index in [-0.39, 0.29) is 18.7 Å². The van der Waals surface area contributed by atoms with Crippen molar-refractivity contribution in [2.24, 2.45) is 7.05 Å². The standard InChI is InChI=1S/C16H17F2N3O3/c1-20-15(24-2)7-13(19-20)16(23)21-8-10(22)6-14(21)9-3-4-11(17)12(18)5-9/h3-5,7,10,14,22H,6,8H2,1-2H3/t10-,14+/m0/s1. The Labute approximate surface area is 137 Å². The van der Waals surface area contributed by atoms with Crippen LogP contribution < -0.4 is 4.74 Å². The summed E-state index contributed by atoms with van der Waals surface area (Å²) in [7, 11) is 3.11. The molecule has 0 bridgehead atoms. The summed E-state index contributed by atoms with van der Waals surface area (Å²) in [4.78, 5) is 14.1. The number of likely N-dealkylation sites (tertiary alicyclic amines) is 1. The van der Waals surface area contributed by atoms with Gasteiger partial charge in [0.05, 0.1) is 19.3 Å². The lowest BCUT2D eigenvalue weighted by molar-refractivity contribution is 0.0709. The van der Waals surface area contributed by atoms with E-state index in [4.69, 9.17) is 4.74 Å². The van der Waals surface area contributed by atoms with Crippen LogP contribution >= 0.6 is 0 Å². The summed E-state index contributed by atoms with van der Waals surface area (Å²) in [6, 6.07) is 4.44. The number of aliphatic hydroxyl groups is 1. The highest BCUT2D eigenvalue weighted by atomic mass is 19.2. The molecule has 0 radical (unpaired) electrons. The molecule has 0 saturated carbocycles. The summed E-state index contributed by atoms with van der Waals surface area (Å²) in [5.74, 6) is -1.92. The van der Waals surface area contributed by atoms with Crippen LogP contribution in [0.3, 0.4) is 0 Å². The quantitative estimate of drug-likeness (QED) is 0.925. The molecular formula is C16H17F2N3O3. The van der Waals surface area contributed by atoms with Gasteiger partial charge in [-0.2, -0.15) is 5.10 Å². The smallest absolute Gasteiger partial charge is 0.275 e. The number of aliphatic hydroxyl groups excluding tert-OH is 1. The molecule has 1 saturated heterocycles. The molecule has 1 aromatic heterocycles. The van der Waals surface area contributed by atoms with Crippen LogP contribution in [-0.4, -0.2) is 45.5 Å². The summed E-state index contributed by atoms with van der Waals surface area (Å²) in [5, 5.41) is 14.0. The molecule has 1 amide bonds. The van der Waals surface area contributed by atoms with Crippen molar-refractivity contribution in [3.05, 3.63) is 47.2 Å². The minimum atomic E-state index is -0.985. The normalized spacial score (nSPS) is 20.5. The molecule has 24 heavy (non-hydrogen) atoms. The number of hydrogen-bond donors (Lipinski definition) is 1. The first kappa shape index (κ1) is 16.4. The van der Waals surface area contributed by atoms with E-state index in [2.05, 4.69) is 5.10 Å². The number of methoxy groups -OCH3 is 1. The number of hydrogen-bond acceptors (Lipinski definition) is 4. The van der Waals surface area contributed by atoms with Gasteiger partial charge in [0.1, 0.15) is 0 Å². The van der Waals surface area contributed by atoms with Crippen molar-refractivity contribution in [2.75, 3.05) is 13.7 Å². The summed E-state index contributed by atoms with van der Waals surface area (Å²) in [6.45, 7) is 0.0986. The van der Waals surface area contributed by atoms with Crippen LogP contribution in [0.25, 0.3) is 0 Å². The SMILES string of the molecule is COc1cc(C(=O)N2C[C@@H](O)C[C@@H]2c2ccc(F)c(F)c2)nn1C. The molecule has 8 heteroatoms. The Balaban J connectivity index is 1.92. The highest BCUT2D eigenvalue weighted by Gasteiger charge is 2.37. The molecular weight excluding hydrogens is 320 g/mol. The molecule has 2 heterocycles. The topological polar surface area (TPSA) is 67.6 Å². The van der Waals surface area contributed by atoms with Crippen LogP contribution in [0.5, 0.6) is 5.88 Å². The zero-order chi connectivity index (χ0) is 17.4. The van der Waals surface area contributed by atoms with Gasteiger partial charge in [0.2, 0.25) is 5.88 Å². The fourth-order valence-electron chi connectivity index (χ4n) is 2.97. The largest absolute Gasteiger partial charge is 0.481 e. The Morgan fingerprint density at radius 3 is 2.71 bits per heavy atom. The Bertz CT molecular complexity index is 778. The third-order valence-corrected chi connectivity index (χ3v) is 4.13. The first-order valence-corrected chi connectivity index (χ1v) is 7.42. The summed E-state index contributed by atoms with van der Waals surface area (Å²) in [5.41, 5.74) is 0.595. The van der Waals surface area contributed by atoms with Crippen LogP contribution in [-0.2, 0) is 7.05 Å². The van der Waals surface area contributed by atoms with Gasteiger partial charge in [0.25, 0.3) is 5.91 Å². The average Bonchev–Trinajstić information content (AvgIpc) is 3.12.